The molecule has 0 unspecified atom stereocenters. The van der Waals surface area contributed by atoms with Crippen LogP contribution in [0.3, 0.4) is 0 Å². The van der Waals surface area contributed by atoms with Crippen LogP contribution in [0.25, 0.3) is 0 Å². The molecule has 4 rings (SSSR count). The number of benzene rings is 2. The maximum Gasteiger partial charge on any atom is 0.328 e. The number of hydrogen-bond donors (Lipinski definition) is 0. The van der Waals surface area contributed by atoms with Crippen LogP contribution in [0.4, 0.5) is 9.18 Å². The molecule has 8 heteroatoms. The van der Waals surface area contributed by atoms with E-state index < -0.39 is 5.54 Å². The van der Waals surface area contributed by atoms with Crippen molar-refractivity contribution < 1.29 is 23.5 Å². The minimum atomic E-state index is -0.898. The molecule has 2 heterocycles. The smallest absolute Gasteiger partial charge is 0.328 e. The van der Waals surface area contributed by atoms with Crippen molar-refractivity contribution >= 4 is 11.9 Å². The lowest BCUT2D eigenvalue weighted by molar-refractivity contribution is -0.136. The van der Waals surface area contributed by atoms with Crippen LogP contribution in [0.2, 0.25) is 0 Å². The van der Waals surface area contributed by atoms with E-state index in [0.29, 0.717) is 62.5 Å². The highest BCUT2D eigenvalue weighted by Crippen LogP contribution is 2.38. The number of piperidine rings is 1. The van der Waals surface area contributed by atoms with Crippen molar-refractivity contribution in [1.29, 1.82) is 0 Å². The molecular weight excluding hydrogens is 449 g/mol. The van der Waals surface area contributed by atoms with Crippen molar-refractivity contribution in [3.63, 3.8) is 0 Å². The number of methoxy groups -OCH3 is 2. The van der Waals surface area contributed by atoms with Crippen molar-refractivity contribution in [2.24, 2.45) is 0 Å². The molecular formula is C27H34FN3O4. The first kappa shape index (κ1) is 25.1. The molecule has 0 aromatic heterocycles. The van der Waals surface area contributed by atoms with Gasteiger partial charge in [0, 0.05) is 38.9 Å². The summed E-state index contributed by atoms with van der Waals surface area (Å²) in [6.45, 7) is 6.28. The summed E-state index contributed by atoms with van der Waals surface area (Å²) < 4.78 is 25.3. The van der Waals surface area contributed by atoms with Gasteiger partial charge in [0.2, 0.25) is 0 Å². The summed E-state index contributed by atoms with van der Waals surface area (Å²) in [6.07, 6.45) is 1.00. The van der Waals surface area contributed by atoms with Crippen LogP contribution in [0.15, 0.2) is 36.4 Å². The first-order valence-corrected chi connectivity index (χ1v) is 12.0. The summed E-state index contributed by atoms with van der Waals surface area (Å²) in [4.78, 5) is 32.4. The summed E-state index contributed by atoms with van der Waals surface area (Å²) in [5.41, 5.74) is 2.19. The Balaban J connectivity index is 1.53. The van der Waals surface area contributed by atoms with E-state index in [1.54, 1.807) is 32.1 Å². The van der Waals surface area contributed by atoms with Crippen LogP contribution >= 0.6 is 0 Å². The number of carbonyl (C=O) groups is 2. The summed E-state index contributed by atoms with van der Waals surface area (Å²) in [5.74, 6) is 0.349. The average Bonchev–Trinajstić information content (AvgIpc) is 3.05. The number of aryl methyl sites for hydroxylation is 2. The van der Waals surface area contributed by atoms with Gasteiger partial charge in [0.1, 0.15) is 17.1 Å². The predicted molar refractivity (Wildman–Crippen MR) is 131 cm³/mol. The second kappa shape index (κ2) is 10.3. The van der Waals surface area contributed by atoms with E-state index in [9.17, 15) is 14.0 Å². The molecule has 2 aliphatic rings. The van der Waals surface area contributed by atoms with Crippen LogP contribution in [-0.2, 0) is 22.6 Å². The minimum absolute atomic E-state index is 0.163. The molecule has 0 atom stereocenters. The maximum absolute atomic E-state index is 14.8. The van der Waals surface area contributed by atoms with Gasteiger partial charge in [-0.25, -0.2) is 9.18 Å². The third-order valence-corrected chi connectivity index (χ3v) is 7.35. The summed E-state index contributed by atoms with van der Waals surface area (Å²) >= 11 is 0. The lowest BCUT2D eigenvalue weighted by Crippen LogP contribution is -2.57. The Morgan fingerprint density at radius 2 is 1.71 bits per heavy atom. The average molecular weight is 484 g/mol. The molecule has 2 saturated heterocycles. The van der Waals surface area contributed by atoms with Gasteiger partial charge >= 0.3 is 6.03 Å². The quantitative estimate of drug-likeness (QED) is 0.533. The third kappa shape index (κ3) is 4.77. The van der Waals surface area contributed by atoms with Crippen LogP contribution in [0.5, 0.6) is 5.75 Å². The molecule has 2 aliphatic heterocycles. The van der Waals surface area contributed by atoms with E-state index in [0.717, 1.165) is 11.1 Å². The fraction of sp³-hybridized carbons (Fsp3) is 0.481. The number of nitrogens with zero attached hydrogens (tertiary/aromatic N) is 3. The molecule has 3 amide bonds. The number of ether oxygens (including phenoxy) is 2. The standard InChI is InChI=1S/C27H34FN3O4/c1-19-8-9-20(2)24(28)23(19)18-29-12-10-27(11-13-29)25(32)30(26(33)31(27)14-15-34-3)17-21-6-5-7-22(16-21)35-4/h5-9,16H,10-15,17-18H2,1-4H3. The van der Waals surface area contributed by atoms with Crippen molar-refractivity contribution in [2.75, 3.05) is 40.5 Å². The van der Waals surface area contributed by atoms with Crippen LogP contribution in [0.1, 0.15) is 35.1 Å². The summed E-state index contributed by atoms with van der Waals surface area (Å²) in [5, 5.41) is 0. The molecule has 0 bridgehead atoms. The monoisotopic (exact) mass is 483 g/mol. The van der Waals surface area contributed by atoms with Crippen LogP contribution in [-0.4, -0.2) is 72.6 Å². The van der Waals surface area contributed by atoms with Gasteiger partial charge in [0.15, 0.2) is 0 Å². The molecule has 2 fully saturated rings. The Bertz CT molecular complexity index is 1100. The zero-order valence-corrected chi connectivity index (χ0v) is 21.0. The van der Waals surface area contributed by atoms with Gasteiger partial charge in [0.25, 0.3) is 5.91 Å². The molecule has 2 aromatic rings. The molecule has 1 spiro atoms. The number of imide groups is 1. The molecule has 2 aromatic carbocycles. The maximum atomic E-state index is 14.8. The highest BCUT2D eigenvalue weighted by Gasteiger charge is 2.57. The second-order valence-corrected chi connectivity index (χ2v) is 9.47. The van der Waals surface area contributed by atoms with E-state index in [2.05, 4.69) is 4.90 Å². The van der Waals surface area contributed by atoms with Gasteiger partial charge in [-0.3, -0.25) is 14.6 Å². The lowest BCUT2D eigenvalue weighted by Gasteiger charge is -2.42. The number of halogens is 1. The Morgan fingerprint density at radius 1 is 1.00 bits per heavy atom. The number of urea groups is 1. The van der Waals surface area contributed by atoms with Crippen LogP contribution < -0.4 is 4.74 Å². The normalized spacial score (nSPS) is 18.1. The van der Waals surface area contributed by atoms with Crippen molar-refractivity contribution in [3.8, 4) is 5.75 Å². The SMILES string of the molecule is COCCN1C(=O)N(Cc2cccc(OC)c2)C(=O)C12CCN(Cc1c(C)ccc(C)c1F)CC2. The second-order valence-electron chi connectivity index (χ2n) is 9.47. The first-order valence-electron chi connectivity index (χ1n) is 12.0. The molecule has 0 aliphatic carbocycles. The van der Waals surface area contributed by atoms with Gasteiger partial charge in [-0.1, -0.05) is 24.3 Å². The molecule has 0 radical (unpaired) electrons. The number of hydrogen-bond acceptors (Lipinski definition) is 5. The number of rotatable bonds is 8. The van der Waals surface area contributed by atoms with Crippen molar-refractivity contribution in [2.45, 2.75) is 45.3 Å². The lowest BCUT2D eigenvalue weighted by atomic mass is 9.85. The van der Waals surface area contributed by atoms with Gasteiger partial charge in [-0.05, 0) is 55.5 Å². The number of likely N-dealkylation sites (tertiary alicyclic amines) is 1. The summed E-state index contributed by atoms with van der Waals surface area (Å²) in [6, 6.07) is 10.9. The van der Waals surface area contributed by atoms with Gasteiger partial charge < -0.3 is 14.4 Å². The zero-order chi connectivity index (χ0) is 25.2. The summed E-state index contributed by atoms with van der Waals surface area (Å²) in [7, 11) is 3.18. The zero-order valence-electron chi connectivity index (χ0n) is 21.0. The molecule has 0 N–H and O–H groups in total. The Morgan fingerprint density at radius 3 is 2.40 bits per heavy atom. The fourth-order valence-electron chi connectivity index (χ4n) is 5.18. The predicted octanol–water partition coefficient (Wildman–Crippen LogP) is 3.90. The molecule has 35 heavy (non-hydrogen) atoms. The highest BCUT2D eigenvalue weighted by molar-refractivity contribution is 6.07. The van der Waals surface area contributed by atoms with Crippen LogP contribution in [0, 0.1) is 19.7 Å². The Labute approximate surface area is 206 Å². The Hall–Kier alpha value is -2.97. The van der Waals surface area contributed by atoms with E-state index in [4.69, 9.17) is 9.47 Å². The van der Waals surface area contributed by atoms with Crippen molar-refractivity contribution in [3.05, 3.63) is 64.5 Å². The first-order chi connectivity index (χ1) is 16.8. The number of carbonyl (C=O) groups excluding carboxylic acids is 2. The van der Waals surface area contributed by atoms with E-state index in [-0.39, 0.29) is 24.3 Å². The minimum Gasteiger partial charge on any atom is -0.497 e. The van der Waals surface area contributed by atoms with Gasteiger partial charge in [-0.15, -0.1) is 0 Å². The topological polar surface area (TPSA) is 62.3 Å². The number of amides is 3. The van der Waals surface area contributed by atoms with Gasteiger partial charge in [0.05, 0.1) is 20.3 Å². The largest absolute Gasteiger partial charge is 0.497 e. The molecule has 188 valence electrons. The van der Waals surface area contributed by atoms with E-state index in [1.807, 2.05) is 37.3 Å². The van der Waals surface area contributed by atoms with E-state index in [1.165, 1.54) is 4.90 Å². The highest BCUT2D eigenvalue weighted by atomic mass is 19.1. The molecule has 7 nitrogen and oxygen atoms in total. The molecule has 0 saturated carbocycles. The Kier molecular flexibility index (Phi) is 7.42. The van der Waals surface area contributed by atoms with E-state index >= 15 is 0 Å². The van der Waals surface area contributed by atoms with Crippen molar-refractivity contribution in [1.82, 2.24) is 14.7 Å². The third-order valence-electron chi connectivity index (χ3n) is 7.35. The fourth-order valence-corrected chi connectivity index (χ4v) is 5.18. The van der Waals surface area contributed by atoms with Gasteiger partial charge in [-0.2, -0.15) is 0 Å².